The Hall–Kier alpha value is -1.56. The van der Waals surface area contributed by atoms with Crippen LogP contribution in [-0.4, -0.2) is 29.1 Å². The first-order valence-corrected chi connectivity index (χ1v) is 5.97. The van der Waals surface area contributed by atoms with Gasteiger partial charge < -0.3 is 5.11 Å². The fourth-order valence-corrected chi connectivity index (χ4v) is 2.24. The first kappa shape index (κ1) is 13.9. The third-order valence-corrected chi connectivity index (χ3v) is 3.31. The van der Waals surface area contributed by atoms with Gasteiger partial charge in [-0.1, -0.05) is 12.1 Å². The maximum absolute atomic E-state index is 12.4. The number of hydrogen-bond donors (Lipinski definition) is 1. The molecule has 1 N–H and O–H groups in total. The molecule has 104 valence electrons. The van der Waals surface area contributed by atoms with Crippen LogP contribution in [0.3, 0.4) is 0 Å². The van der Waals surface area contributed by atoms with Crippen molar-refractivity contribution in [3.63, 3.8) is 0 Å². The largest absolute Gasteiger partial charge is 0.481 e. The molecule has 19 heavy (non-hydrogen) atoms. The third kappa shape index (κ3) is 3.47. The van der Waals surface area contributed by atoms with Gasteiger partial charge in [0.15, 0.2) is 0 Å². The van der Waals surface area contributed by atoms with Gasteiger partial charge in [-0.2, -0.15) is 13.2 Å². The van der Waals surface area contributed by atoms with Gasteiger partial charge in [-0.3, -0.25) is 9.69 Å². The number of nitrogens with zero attached hydrogens (tertiary/aromatic N) is 1. The number of carboxylic acid groups (broad SMARTS) is 1. The van der Waals surface area contributed by atoms with Crippen molar-refractivity contribution in [2.75, 3.05) is 13.1 Å². The molecule has 1 aliphatic heterocycles. The van der Waals surface area contributed by atoms with Crippen molar-refractivity contribution in [3.05, 3.63) is 35.4 Å². The summed E-state index contributed by atoms with van der Waals surface area (Å²) in [5.41, 5.74) is 0.0973. The van der Waals surface area contributed by atoms with Crippen LogP contribution in [0.15, 0.2) is 24.3 Å². The van der Waals surface area contributed by atoms with Crippen LogP contribution in [-0.2, 0) is 17.5 Å². The molecule has 1 atom stereocenters. The van der Waals surface area contributed by atoms with Crippen molar-refractivity contribution in [1.29, 1.82) is 0 Å². The van der Waals surface area contributed by atoms with Gasteiger partial charge in [0.05, 0.1) is 11.5 Å². The van der Waals surface area contributed by atoms with E-state index in [1.54, 1.807) is 0 Å². The number of hydrogen-bond acceptors (Lipinski definition) is 2. The number of carbonyl (C=O) groups is 1. The highest BCUT2D eigenvalue weighted by atomic mass is 19.4. The molecule has 0 radical (unpaired) electrons. The molecule has 0 aliphatic carbocycles. The van der Waals surface area contributed by atoms with E-state index in [1.807, 2.05) is 4.90 Å². The van der Waals surface area contributed by atoms with Crippen LogP contribution in [0.2, 0.25) is 0 Å². The van der Waals surface area contributed by atoms with Crippen molar-refractivity contribution >= 4 is 5.97 Å². The highest BCUT2D eigenvalue weighted by Crippen LogP contribution is 2.29. The molecule has 1 aliphatic rings. The zero-order chi connectivity index (χ0) is 14.0. The first-order chi connectivity index (χ1) is 8.86. The minimum atomic E-state index is -4.32. The molecule has 1 fully saturated rings. The second-order valence-corrected chi connectivity index (χ2v) is 4.75. The number of aliphatic carboxylic acids is 1. The molecular weight excluding hydrogens is 259 g/mol. The predicted octanol–water partition coefficient (Wildman–Crippen LogP) is 2.61. The second kappa shape index (κ2) is 5.21. The fraction of sp³-hybridized carbons (Fsp3) is 0.462. The number of benzene rings is 1. The zero-order valence-electron chi connectivity index (χ0n) is 10.2. The van der Waals surface area contributed by atoms with Gasteiger partial charge in [-0.15, -0.1) is 0 Å². The van der Waals surface area contributed by atoms with Crippen LogP contribution in [0, 0.1) is 5.92 Å². The smallest absolute Gasteiger partial charge is 0.416 e. The standard InChI is InChI=1S/C13H14F3NO2/c14-13(15,16)11-3-1-9(2-4-11)7-17-6-5-10(8-17)12(18)19/h1-4,10H,5-8H2,(H,18,19)/t10-/m1/s1. The van der Waals surface area contributed by atoms with Gasteiger partial charge in [0.2, 0.25) is 0 Å². The quantitative estimate of drug-likeness (QED) is 0.920. The van der Waals surface area contributed by atoms with E-state index < -0.39 is 17.7 Å². The monoisotopic (exact) mass is 273 g/mol. The minimum absolute atomic E-state index is 0.366. The number of alkyl halides is 3. The molecule has 0 bridgehead atoms. The van der Waals surface area contributed by atoms with Crippen molar-refractivity contribution in [1.82, 2.24) is 4.90 Å². The molecule has 1 heterocycles. The number of rotatable bonds is 3. The summed E-state index contributed by atoms with van der Waals surface area (Å²) in [5.74, 6) is -1.18. The molecule has 0 amide bonds. The molecule has 3 nitrogen and oxygen atoms in total. The van der Waals surface area contributed by atoms with Crippen molar-refractivity contribution in [2.45, 2.75) is 19.1 Å². The lowest BCUT2D eigenvalue weighted by molar-refractivity contribution is -0.141. The molecule has 1 aromatic carbocycles. The highest BCUT2D eigenvalue weighted by Gasteiger charge is 2.30. The van der Waals surface area contributed by atoms with Gasteiger partial charge in [0.25, 0.3) is 0 Å². The zero-order valence-corrected chi connectivity index (χ0v) is 10.2. The molecular formula is C13H14F3NO2. The first-order valence-electron chi connectivity index (χ1n) is 5.97. The Morgan fingerprint density at radius 1 is 1.32 bits per heavy atom. The van der Waals surface area contributed by atoms with Crippen LogP contribution < -0.4 is 0 Å². The maximum Gasteiger partial charge on any atom is 0.416 e. The van der Waals surface area contributed by atoms with Gasteiger partial charge in [0.1, 0.15) is 0 Å². The number of likely N-dealkylation sites (tertiary alicyclic amines) is 1. The van der Waals surface area contributed by atoms with Gasteiger partial charge in [-0.25, -0.2) is 0 Å². The predicted molar refractivity (Wildman–Crippen MR) is 62.5 cm³/mol. The lowest BCUT2D eigenvalue weighted by atomic mass is 10.1. The van der Waals surface area contributed by atoms with Crippen LogP contribution >= 0.6 is 0 Å². The van der Waals surface area contributed by atoms with E-state index in [-0.39, 0.29) is 5.92 Å². The summed E-state index contributed by atoms with van der Waals surface area (Å²) in [4.78, 5) is 12.7. The van der Waals surface area contributed by atoms with Crippen molar-refractivity contribution in [3.8, 4) is 0 Å². The van der Waals surface area contributed by atoms with Crippen molar-refractivity contribution < 1.29 is 23.1 Å². The van der Waals surface area contributed by atoms with Crippen LogP contribution in [0.4, 0.5) is 13.2 Å². The Kier molecular flexibility index (Phi) is 3.80. The summed E-state index contributed by atoms with van der Waals surface area (Å²) < 4.78 is 37.2. The summed E-state index contributed by atoms with van der Waals surface area (Å²) in [6.45, 7) is 1.61. The van der Waals surface area contributed by atoms with Crippen LogP contribution in [0.1, 0.15) is 17.5 Å². The van der Waals surface area contributed by atoms with Gasteiger partial charge in [-0.05, 0) is 30.7 Å². The second-order valence-electron chi connectivity index (χ2n) is 4.75. The van der Waals surface area contributed by atoms with E-state index >= 15 is 0 Å². The Bertz CT molecular complexity index is 456. The normalized spacial score (nSPS) is 20.7. The Morgan fingerprint density at radius 2 is 1.95 bits per heavy atom. The summed E-state index contributed by atoms with van der Waals surface area (Å²) in [7, 11) is 0. The van der Waals surface area contributed by atoms with E-state index in [1.165, 1.54) is 12.1 Å². The highest BCUT2D eigenvalue weighted by molar-refractivity contribution is 5.70. The van der Waals surface area contributed by atoms with E-state index in [0.29, 0.717) is 26.1 Å². The number of carboxylic acids is 1. The summed E-state index contributed by atoms with van der Waals surface area (Å²) >= 11 is 0. The Morgan fingerprint density at radius 3 is 2.42 bits per heavy atom. The summed E-state index contributed by atoms with van der Waals surface area (Å²) in [5, 5.41) is 8.87. The van der Waals surface area contributed by atoms with E-state index in [2.05, 4.69) is 0 Å². The average Bonchev–Trinajstić information content (AvgIpc) is 2.77. The molecule has 0 unspecified atom stereocenters. The van der Waals surface area contributed by atoms with Gasteiger partial charge >= 0.3 is 12.1 Å². The average molecular weight is 273 g/mol. The lowest BCUT2D eigenvalue weighted by Crippen LogP contribution is -2.22. The third-order valence-electron chi connectivity index (χ3n) is 3.31. The molecule has 2 rings (SSSR count). The maximum atomic E-state index is 12.4. The molecule has 1 aromatic rings. The van der Waals surface area contributed by atoms with E-state index in [9.17, 15) is 18.0 Å². The molecule has 0 aromatic heterocycles. The SMILES string of the molecule is O=C(O)[C@@H]1CCN(Cc2ccc(C(F)(F)F)cc2)C1. The van der Waals surface area contributed by atoms with Crippen LogP contribution in [0.25, 0.3) is 0 Å². The van der Waals surface area contributed by atoms with E-state index in [0.717, 1.165) is 17.7 Å². The Labute approximate surface area is 108 Å². The number of halogens is 3. The van der Waals surface area contributed by atoms with Crippen molar-refractivity contribution in [2.24, 2.45) is 5.92 Å². The molecule has 1 saturated heterocycles. The summed E-state index contributed by atoms with van der Waals surface area (Å²) in [6, 6.07) is 4.99. The molecule has 0 saturated carbocycles. The fourth-order valence-electron chi connectivity index (χ4n) is 2.24. The Balaban J connectivity index is 1.96. The topological polar surface area (TPSA) is 40.5 Å². The lowest BCUT2D eigenvalue weighted by Gasteiger charge is -2.15. The van der Waals surface area contributed by atoms with Gasteiger partial charge in [0, 0.05) is 13.1 Å². The molecule has 0 spiro atoms. The van der Waals surface area contributed by atoms with E-state index in [4.69, 9.17) is 5.11 Å². The minimum Gasteiger partial charge on any atom is -0.481 e. The van der Waals surface area contributed by atoms with Crippen LogP contribution in [0.5, 0.6) is 0 Å². The molecule has 6 heteroatoms. The summed E-state index contributed by atoms with van der Waals surface area (Å²) in [6.07, 6.45) is -3.73.